The fourth-order valence-electron chi connectivity index (χ4n) is 1.10. The zero-order chi connectivity index (χ0) is 15.8. The van der Waals surface area contributed by atoms with Crippen molar-refractivity contribution in [2.45, 2.75) is 10.0 Å². The summed E-state index contributed by atoms with van der Waals surface area (Å²) in [5, 5.41) is 2.41. The maximum Gasteiger partial charge on any atom is 0.409 e. The molecule has 0 aromatic rings. The minimum absolute atomic E-state index is 0.280. The third-order valence-electron chi connectivity index (χ3n) is 2.27. The van der Waals surface area contributed by atoms with Gasteiger partial charge in [-0.05, 0) is 0 Å². The maximum absolute atomic E-state index is 11.6. The Morgan fingerprint density at radius 1 is 1.10 bits per heavy atom. The third kappa shape index (κ3) is 10.8. The highest BCUT2D eigenvalue weighted by atomic mass is 35.6. The zero-order valence-corrected chi connectivity index (χ0v) is 14.5. The number of amides is 1. The molecule has 0 aliphatic carbocycles. The second-order valence-corrected chi connectivity index (χ2v) is 7.36. The monoisotopic (exact) mass is 351 g/mol. The van der Waals surface area contributed by atoms with Gasteiger partial charge in [0.25, 0.3) is 0 Å². The summed E-state index contributed by atoms with van der Waals surface area (Å²) in [7, 11) is 7.86. The second-order valence-electron chi connectivity index (χ2n) is 4.99. The van der Waals surface area contributed by atoms with Crippen molar-refractivity contribution in [3.8, 4) is 0 Å². The van der Waals surface area contributed by atoms with Gasteiger partial charge in [0.05, 0.1) is 34.8 Å². The molecule has 120 valence electrons. The van der Waals surface area contributed by atoms with Gasteiger partial charge in [0.2, 0.25) is 3.79 Å². The Morgan fingerprint density at radius 2 is 1.60 bits per heavy atom. The van der Waals surface area contributed by atoms with Crippen LogP contribution in [0.5, 0.6) is 0 Å². The molecule has 0 saturated carbocycles. The van der Waals surface area contributed by atoms with Crippen LogP contribution >= 0.6 is 34.8 Å². The summed E-state index contributed by atoms with van der Waals surface area (Å²) in [6.45, 7) is 2.04. The first-order valence-corrected chi connectivity index (χ1v) is 7.46. The Balaban J connectivity index is 4.18. The molecule has 1 atom stereocenters. The lowest BCUT2D eigenvalue weighted by Crippen LogP contribution is -3.06. The number of nitrogens with one attached hydrogen (secondary N) is 3. The van der Waals surface area contributed by atoms with Crippen molar-refractivity contribution in [3.63, 3.8) is 0 Å². The van der Waals surface area contributed by atoms with Crippen molar-refractivity contribution < 1.29 is 24.1 Å². The van der Waals surface area contributed by atoms with Crippen LogP contribution in [0.25, 0.3) is 0 Å². The van der Waals surface area contributed by atoms with Gasteiger partial charge < -0.3 is 19.3 Å². The van der Waals surface area contributed by atoms with Gasteiger partial charge in [-0.25, -0.2) is 4.79 Å². The molecule has 0 radical (unpaired) electrons. The average Bonchev–Trinajstić information content (AvgIpc) is 2.25. The maximum atomic E-state index is 11.6. The SMILES string of the molecule is C[NH+](C)CCOC(=O)N[C@@H](OCC[NH+](C)C)C(Cl)(Cl)Cl. The molecule has 0 fully saturated rings. The molecule has 1 amide bonds. The van der Waals surface area contributed by atoms with Crippen LogP contribution in [0.4, 0.5) is 4.79 Å². The van der Waals surface area contributed by atoms with Gasteiger partial charge in [0.1, 0.15) is 19.7 Å². The lowest BCUT2D eigenvalue weighted by Gasteiger charge is -2.25. The second kappa shape index (κ2) is 9.87. The molecule has 20 heavy (non-hydrogen) atoms. The van der Waals surface area contributed by atoms with Crippen molar-refractivity contribution in [2.24, 2.45) is 0 Å². The number of hydrogen-bond acceptors (Lipinski definition) is 3. The van der Waals surface area contributed by atoms with Crippen LogP contribution in [-0.4, -0.2) is 70.6 Å². The van der Waals surface area contributed by atoms with Crippen molar-refractivity contribution in [1.82, 2.24) is 5.32 Å². The highest BCUT2D eigenvalue weighted by Gasteiger charge is 2.35. The first-order valence-electron chi connectivity index (χ1n) is 6.32. The molecule has 3 N–H and O–H groups in total. The fourth-order valence-corrected chi connectivity index (χ4v) is 1.45. The third-order valence-corrected chi connectivity index (χ3v) is 2.86. The van der Waals surface area contributed by atoms with Gasteiger partial charge >= 0.3 is 6.09 Å². The van der Waals surface area contributed by atoms with Gasteiger partial charge in [-0.15, -0.1) is 0 Å². The minimum atomic E-state index is -1.76. The molecular weight excluding hydrogens is 328 g/mol. The van der Waals surface area contributed by atoms with E-state index in [-0.39, 0.29) is 6.61 Å². The summed E-state index contributed by atoms with van der Waals surface area (Å²) >= 11 is 17.3. The summed E-state index contributed by atoms with van der Waals surface area (Å²) < 4.78 is 8.60. The molecule has 0 heterocycles. The predicted molar refractivity (Wildman–Crippen MR) is 79.9 cm³/mol. The first-order chi connectivity index (χ1) is 9.12. The normalized spacial score (nSPS) is 13.7. The van der Waals surface area contributed by atoms with E-state index in [1.807, 2.05) is 28.2 Å². The number of likely N-dealkylation sites (N-methyl/N-ethyl adjacent to an activating group) is 2. The number of carbonyl (C=O) groups excluding carboxylic acids is 1. The Labute approximate surface area is 135 Å². The van der Waals surface area contributed by atoms with Crippen LogP contribution in [-0.2, 0) is 9.47 Å². The molecule has 0 aromatic heterocycles. The van der Waals surface area contributed by atoms with E-state index < -0.39 is 16.1 Å². The Morgan fingerprint density at radius 3 is 2.05 bits per heavy atom. The number of halogens is 3. The van der Waals surface area contributed by atoms with Crippen LogP contribution in [0.15, 0.2) is 0 Å². The van der Waals surface area contributed by atoms with Crippen LogP contribution in [0.2, 0.25) is 0 Å². The number of rotatable bonds is 8. The van der Waals surface area contributed by atoms with Crippen molar-refractivity contribution in [1.29, 1.82) is 0 Å². The molecule has 0 aliphatic rings. The molecule has 0 saturated heterocycles. The molecule has 0 rings (SSSR count). The van der Waals surface area contributed by atoms with Gasteiger partial charge in [0.15, 0.2) is 6.23 Å². The molecule has 0 unspecified atom stereocenters. The fraction of sp³-hybridized carbons (Fsp3) is 0.909. The number of quaternary nitrogens is 2. The van der Waals surface area contributed by atoms with Gasteiger partial charge in [-0.3, -0.25) is 5.32 Å². The molecule has 0 bridgehead atoms. The smallest absolute Gasteiger partial charge is 0.409 e. The minimum Gasteiger partial charge on any atom is -0.444 e. The Bertz CT molecular complexity index is 286. The summed E-state index contributed by atoms with van der Waals surface area (Å²) in [4.78, 5) is 13.9. The number of ether oxygens (including phenoxy) is 2. The van der Waals surface area contributed by atoms with E-state index in [9.17, 15) is 4.79 Å². The van der Waals surface area contributed by atoms with Crippen molar-refractivity contribution in [2.75, 3.05) is 54.5 Å². The Hall–Kier alpha value is 0.0200. The van der Waals surface area contributed by atoms with Crippen LogP contribution in [0.3, 0.4) is 0 Å². The molecule has 0 aromatic carbocycles. The number of hydrogen-bond donors (Lipinski definition) is 3. The molecule has 0 aliphatic heterocycles. The standard InChI is InChI=1S/C11H22Cl3N3O3/c1-16(2)5-7-19-9(11(12,13)14)15-10(18)20-8-6-17(3)4/h9H,5-8H2,1-4H3,(H,15,18)/p+2/t9-/m0/s1. The van der Waals surface area contributed by atoms with Crippen LogP contribution < -0.4 is 15.1 Å². The Kier molecular flexibility index (Phi) is 9.88. The van der Waals surface area contributed by atoms with Gasteiger partial charge in [-0.1, -0.05) is 34.8 Å². The van der Waals surface area contributed by atoms with Crippen molar-refractivity contribution in [3.05, 3.63) is 0 Å². The molecule has 0 spiro atoms. The topological polar surface area (TPSA) is 56.4 Å². The van der Waals surface area contributed by atoms with E-state index >= 15 is 0 Å². The summed E-state index contributed by atoms with van der Waals surface area (Å²) in [6, 6.07) is 0. The predicted octanol–water partition coefficient (Wildman–Crippen LogP) is -1.29. The quantitative estimate of drug-likeness (QED) is 0.377. The number of alkyl carbamates (subject to hydrolysis) is 1. The van der Waals surface area contributed by atoms with Gasteiger partial charge in [-0.2, -0.15) is 0 Å². The highest BCUT2D eigenvalue weighted by molar-refractivity contribution is 6.68. The highest BCUT2D eigenvalue weighted by Crippen LogP contribution is 2.30. The molecular formula is C11H24Cl3N3O3+2. The van der Waals surface area contributed by atoms with E-state index in [1.165, 1.54) is 9.80 Å². The summed E-state index contributed by atoms with van der Waals surface area (Å²) in [6.07, 6.45) is -1.72. The van der Waals surface area contributed by atoms with E-state index in [2.05, 4.69) is 5.32 Å². The largest absolute Gasteiger partial charge is 0.444 e. The van der Waals surface area contributed by atoms with Gasteiger partial charge in [0, 0.05) is 0 Å². The summed E-state index contributed by atoms with van der Waals surface area (Å²) in [5.74, 6) is 0. The number of carbonyl (C=O) groups is 1. The average molecular weight is 353 g/mol. The first kappa shape index (κ1) is 20.0. The lowest BCUT2D eigenvalue weighted by molar-refractivity contribution is -0.858. The van der Waals surface area contributed by atoms with E-state index in [0.29, 0.717) is 13.2 Å². The van der Waals surface area contributed by atoms with E-state index in [4.69, 9.17) is 44.3 Å². The zero-order valence-electron chi connectivity index (χ0n) is 12.3. The summed E-state index contributed by atoms with van der Waals surface area (Å²) in [5.41, 5.74) is 0. The molecule has 6 nitrogen and oxygen atoms in total. The van der Waals surface area contributed by atoms with E-state index in [1.54, 1.807) is 0 Å². The van der Waals surface area contributed by atoms with Crippen LogP contribution in [0, 0.1) is 0 Å². The van der Waals surface area contributed by atoms with Crippen LogP contribution in [0.1, 0.15) is 0 Å². The number of alkyl halides is 3. The lowest BCUT2D eigenvalue weighted by atomic mass is 10.6. The van der Waals surface area contributed by atoms with E-state index in [0.717, 1.165) is 6.54 Å². The molecule has 9 heteroatoms. The van der Waals surface area contributed by atoms with Crippen molar-refractivity contribution >= 4 is 40.9 Å².